The molecule has 0 radical (unpaired) electrons. The van der Waals surface area contributed by atoms with Gasteiger partial charge in [-0.15, -0.1) is 0 Å². The smallest absolute Gasteiger partial charge is 0.316 e. The Morgan fingerprint density at radius 2 is 2.08 bits per heavy atom. The number of hydrogen-bond acceptors (Lipinski definition) is 6. The lowest BCUT2D eigenvalue weighted by molar-refractivity contribution is 0.243. The average molecular weight is 356 g/mol. The largest absolute Gasteiger partial charge is 0.508 e. The van der Waals surface area contributed by atoms with Crippen LogP contribution in [0.1, 0.15) is 19.8 Å². The van der Waals surface area contributed by atoms with Gasteiger partial charge >= 0.3 is 5.56 Å². The Hall–Kier alpha value is -2.54. The van der Waals surface area contributed by atoms with E-state index in [4.69, 9.17) is 4.74 Å². The number of nitrogens with zero attached hydrogens (tertiary/aromatic N) is 3. The summed E-state index contributed by atoms with van der Waals surface area (Å²) in [5.74, 6) is 0.439. The average Bonchev–Trinajstić information content (AvgIpc) is 3.39. The number of aromatic hydroxyl groups is 1. The summed E-state index contributed by atoms with van der Waals surface area (Å²) in [5.41, 5.74) is 1.14. The summed E-state index contributed by atoms with van der Waals surface area (Å²) >= 11 is 0. The highest BCUT2D eigenvalue weighted by molar-refractivity contribution is 5.57. The third kappa shape index (κ3) is 3.39. The maximum Gasteiger partial charge on any atom is 0.316 e. The zero-order valence-corrected chi connectivity index (χ0v) is 14.9. The molecule has 0 spiro atoms. The van der Waals surface area contributed by atoms with Crippen LogP contribution in [-0.4, -0.2) is 47.7 Å². The summed E-state index contributed by atoms with van der Waals surface area (Å²) in [6.07, 6.45) is 3.95. The molecule has 0 atom stereocenters. The van der Waals surface area contributed by atoms with Crippen LogP contribution in [0, 0.1) is 5.41 Å². The highest BCUT2D eigenvalue weighted by Gasteiger charge is 2.38. The minimum absolute atomic E-state index is 0.0929. The number of nitrogens with one attached hydrogen (secondary N) is 1. The molecule has 138 valence electrons. The van der Waals surface area contributed by atoms with Crippen molar-refractivity contribution in [2.45, 2.75) is 19.8 Å². The molecule has 0 bridgehead atoms. The van der Waals surface area contributed by atoms with Crippen LogP contribution in [0.3, 0.4) is 0 Å². The first-order valence-corrected chi connectivity index (χ1v) is 9.06. The number of anilines is 1. The Kier molecular flexibility index (Phi) is 4.32. The molecule has 1 aliphatic carbocycles. The molecule has 1 saturated carbocycles. The summed E-state index contributed by atoms with van der Waals surface area (Å²) in [7, 11) is 0. The van der Waals surface area contributed by atoms with Crippen LogP contribution in [-0.2, 0) is 0 Å². The van der Waals surface area contributed by atoms with E-state index in [1.807, 2.05) is 0 Å². The Bertz CT molecular complexity index is 854. The van der Waals surface area contributed by atoms with Crippen molar-refractivity contribution in [3.05, 3.63) is 40.8 Å². The minimum atomic E-state index is -0.295. The van der Waals surface area contributed by atoms with Crippen molar-refractivity contribution in [1.82, 2.24) is 15.1 Å². The first kappa shape index (κ1) is 16.9. The number of phenols is 1. The van der Waals surface area contributed by atoms with Gasteiger partial charge in [-0.3, -0.25) is 4.79 Å². The van der Waals surface area contributed by atoms with Crippen molar-refractivity contribution < 1.29 is 9.84 Å². The third-order valence-electron chi connectivity index (χ3n) is 5.12. The molecule has 2 N–H and O–H groups in total. The van der Waals surface area contributed by atoms with E-state index in [1.165, 1.54) is 10.7 Å². The lowest BCUT2D eigenvalue weighted by Crippen LogP contribution is -2.44. The fourth-order valence-electron chi connectivity index (χ4n) is 3.11. The predicted molar refractivity (Wildman–Crippen MR) is 99.4 cm³/mol. The van der Waals surface area contributed by atoms with E-state index in [2.05, 4.69) is 22.2 Å². The van der Waals surface area contributed by atoms with Gasteiger partial charge in [0.15, 0.2) is 0 Å². The molecule has 2 aliphatic rings. The van der Waals surface area contributed by atoms with Gasteiger partial charge in [0.2, 0.25) is 5.75 Å². The molecular weight excluding hydrogens is 332 g/mol. The van der Waals surface area contributed by atoms with Crippen LogP contribution >= 0.6 is 0 Å². The molecule has 1 saturated heterocycles. The Morgan fingerprint density at radius 3 is 2.77 bits per heavy atom. The van der Waals surface area contributed by atoms with Gasteiger partial charge in [-0.1, -0.05) is 13.0 Å². The second-order valence-corrected chi connectivity index (χ2v) is 7.43. The Labute approximate surface area is 152 Å². The van der Waals surface area contributed by atoms with Crippen molar-refractivity contribution in [3.8, 4) is 17.2 Å². The fourth-order valence-corrected chi connectivity index (χ4v) is 3.11. The van der Waals surface area contributed by atoms with Crippen LogP contribution in [0.5, 0.6) is 11.5 Å². The highest BCUT2D eigenvalue weighted by Crippen LogP contribution is 2.45. The zero-order valence-electron chi connectivity index (χ0n) is 14.9. The van der Waals surface area contributed by atoms with E-state index < -0.39 is 0 Å². The summed E-state index contributed by atoms with van der Waals surface area (Å²) < 4.78 is 7.33. The topological polar surface area (TPSA) is 79.6 Å². The third-order valence-corrected chi connectivity index (χ3v) is 5.12. The van der Waals surface area contributed by atoms with Gasteiger partial charge in [-0.2, -0.15) is 9.78 Å². The minimum Gasteiger partial charge on any atom is -0.508 e. The number of benzene rings is 1. The monoisotopic (exact) mass is 356 g/mol. The number of ether oxygens (including phenoxy) is 1. The van der Waals surface area contributed by atoms with Gasteiger partial charge < -0.3 is 20.1 Å². The predicted octanol–water partition coefficient (Wildman–Crippen LogP) is 1.53. The van der Waals surface area contributed by atoms with E-state index in [9.17, 15) is 9.90 Å². The second kappa shape index (κ2) is 6.64. The Balaban J connectivity index is 1.74. The van der Waals surface area contributed by atoms with Gasteiger partial charge in [0, 0.05) is 37.7 Å². The fraction of sp³-hybridized carbons (Fsp3) is 0.474. The summed E-state index contributed by atoms with van der Waals surface area (Å²) in [5, 5.41) is 17.4. The molecule has 4 rings (SSSR count). The SMILES string of the molecule is CC1(COc2c(N3CCNCC3)cnn(-c3cccc(O)c3)c2=O)CC1. The standard InChI is InChI=1S/C19H24N4O3/c1-19(5-6-19)13-26-17-16(22-9-7-20-8-10-22)12-21-23(18(17)25)14-3-2-4-15(24)11-14/h2-4,11-12,20,24H,5-10,13H2,1H3. The van der Waals surface area contributed by atoms with Crippen molar-refractivity contribution in [2.24, 2.45) is 5.41 Å². The van der Waals surface area contributed by atoms with Gasteiger partial charge in [-0.25, -0.2) is 0 Å². The first-order chi connectivity index (χ1) is 12.6. The van der Waals surface area contributed by atoms with Crippen LogP contribution in [0.4, 0.5) is 5.69 Å². The maximum atomic E-state index is 13.1. The van der Waals surface area contributed by atoms with Gasteiger partial charge in [0.05, 0.1) is 18.5 Å². The number of hydrogen-bond donors (Lipinski definition) is 2. The second-order valence-electron chi connectivity index (χ2n) is 7.43. The molecule has 2 fully saturated rings. The molecule has 2 heterocycles. The van der Waals surface area contributed by atoms with Gasteiger partial charge in [-0.05, 0) is 25.0 Å². The molecule has 0 unspecified atom stereocenters. The summed E-state index contributed by atoms with van der Waals surface area (Å²) in [6, 6.07) is 6.51. The molecule has 1 aromatic carbocycles. The molecule has 0 amide bonds. The van der Waals surface area contributed by atoms with Crippen molar-refractivity contribution in [3.63, 3.8) is 0 Å². The number of aromatic nitrogens is 2. The van der Waals surface area contributed by atoms with E-state index in [0.717, 1.165) is 44.7 Å². The van der Waals surface area contributed by atoms with E-state index in [1.54, 1.807) is 24.4 Å². The summed E-state index contributed by atoms with van der Waals surface area (Å²) in [4.78, 5) is 15.3. The van der Waals surface area contributed by atoms with Crippen molar-refractivity contribution in [1.29, 1.82) is 0 Å². The van der Waals surface area contributed by atoms with Gasteiger partial charge in [0.1, 0.15) is 11.4 Å². The van der Waals surface area contributed by atoms with E-state index in [-0.39, 0.29) is 16.7 Å². The van der Waals surface area contributed by atoms with Crippen LogP contribution in [0.2, 0.25) is 0 Å². The van der Waals surface area contributed by atoms with E-state index >= 15 is 0 Å². The zero-order chi connectivity index (χ0) is 18.1. The van der Waals surface area contributed by atoms with E-state index in [0.29, 0.717) is 18.0 Å². The Morgan fingerprint density at radius 1 is 1.31 bits per heavy atom. The first-order valence-electron chi connectivity index (χ1n) is 9.06. The number of piperazine rings is 1. The number of rotatable bonds is 5. The maximum absolute atomic E-state index is 13.1. The molecular formula is C19H24N4O3. The number of phenolic OH excluding ortho intramolecular Hbond substituents is 1. The summed E-state index contributed by atoms with van der Waals surface area (Å²) in [6.45, 7) is 6.06. The molecule has 7 nitrogen and oxygen atoms in total. The molecule has 26 heavy (non-hydrogen) atoms. The van der Waals surface area contributed by atoms with Crippen molar-refractivity contribution >= 4 is 5.69 Å². The van der Waals surface area contributed by atoms with Gasteiger partial charge in [0.25, 0.3) is 0 Å². The van der Waals surface area contributed by atoms with Crippen LogP contribution in [0.25, 0.3) is 5.69 Å². The molecule has 2 aromatic rings. The van der Waals surface area contributed by atoms with Crippen LogP contribution < -0.4 is 20.5 Å². The quantitative estimate of drug-likeness (QED) is 0.846. The molecule has 1 aliphatic heterocycles. The van der Waals surface area contributed by atoms with Crippen LogP contribution in [0.15, 0.2) is 35.3 Å². The highest BCUT2D eigenvalue weighted by atomic mass is 16.5. The molecule has 1 aromatic heterocycles. The lowest BCUT2D eigenvalue weighted by Gasteiger charge is -2.30. The van der Waals surface area contributed by atoms with Crippen molar-refractivity contribution in [2.75, 3.05) is 37.7 Å². The lowest BCUT2D eigenvalue weighted by atomic mass is 10.2. The normalized spacial score (nSPS) is 18.6. The molecule has 7 heteroatoms.